The number of hydrogen-bond acceptors (Lipinski definition) is 3. The molecule has 0 fully saturated rings. The second-order valence-corrected chi connectivity index (χ2v) is 4.60. The van der Waals surface area contributed by atoms with Crippen molar-refractivity contribution in [3.05, 3.63) is 53.6 Å². The first-order valence-electron chi connectivity index (χ1n) is 6.71. The Morgan fingerprint density at radius 1 is 1.15 bits per heavy atom. The number of carbonyl (C=O) groups excluding carboxylic acids is 1. The van der Waals surface area contributed by atoms with Crippen molar-refractivity contribution in [1.29, 1.82) is 0 Å². The predicted octanol–water partition coefficient (Wildman–Crippen LogP) is 3.88. The largest absolute Gasteiger partial charge is 0.462 e. The Balaban J connectivity index is 2.52. The fourth-order valence-corrected chi connectivity index (χ4v) is 2.06. The molecule has 0 aliphatic rings. The molecule has 0 spiro atoms. The number of hydrogen-bond donors (Lipinski definition) is 1. The van der Waals surface area contributed by atoms with Crippen LogP contribution in [0.3, 0.4) is 0 Å². The van der Waals surface area contributed by atoms with E-state index in [1.165, 1.54) is 5.56 Å². The lowest BCUT2D eigenvalue weighted by Crippen LogP contribution is -2.07. The molecule has 0 aromatic heterocycles. The maximum absolute atomic E-state index is 12.1. The van der Waals surface area contributed by atoms with Crippen molar-refractivity contribution in [2.45, 2.75) is 13.8 Å². The van der Waals surface area contributed by atoms with Gasteiger partial charge in [0, 0.05) is 12.7 Å². The van der Waals surface area contributed by atoms with Gasteiger partial charge in [-0.25, -0.2) is 4.79 Å². The molecule has 3 heteroatoms. The monoisotopic (exact) mass is 269 g/mol. The topological polar surface area (TPSA) is 38.3 Å². The number of ether oxygens (including phenoxy) is 1. The lowest BCUT2D eigenvalue weighted by Gasteiger charge is -2.11. The number of benzene rings is 2. The molecule has 0 saturated heterocycles. The SMILES string of the molecule is CCOC(=O)c1ccc(NC)cc1-c1ccc(C)cc1. The van der Waals surface area contributed by atoms with Gasteiger partial charge in [-0.1, -0.05) is 29.8 Å². The van der Waals surface area contributed by atoms with Crippen LogP contribution in [0.4, 0.5) is 5.69 Å². The van der Waals surface area contributed by atoms with Gasteiger partial charge in [0.15, 0.2) is 0 Å². The Kier molecular flexibility index (Phi) is 4.41. The quantitative estimate of drug-likeness (QED) is 0.856. The van der Waals surface area contributed by atoms with E-state index in [-0.39, 0.29) is 5.97 Å². The molecule has 0 unspecified atom stereocenters. The van der Waals surface area contributed by atoms with E-state index in [0.29, 0.717) is 12.2 Å². The normalized spacial score (nSPS) is 10.2. The molecule has 2 aromatic rings. The molecule has 0 radical (unpaired) electrons. The van der Waals surface area contributed by atoms with Crippen LogP contribution in [0, 0.1) is 6.92 Å². The van der Waals surface area contributed by atoms with Crippen LogP contribution in [0.1, 0.15) is 22.8 Å². The van der Waals surface area contributed by atoms with Crippen molar-refractivity contribution >= 4 is 11.7 Å². The van der Waals surface area contributed by atoms with Crippen molar-refractivity contribution in [3.8, 4) is 11.1 Å². The van der Waals surface area contributed by atoms with E-state index in [4.69, 9.17) is 4.74 Å². The highest BCUT2D eigenvalue weighted by atomic mass is 16.5. The third-order valence-corrected chi connectivity index (χ3v) is 3.17. The van der Waals surface area contributed by atoms with E-state index in [0.717, 1.165) is 16.8 Å². The van der Waals surface area contributed by atoms with E-state index >= 15 is 0 Å². The van der Waals surface area contributed by atoms with Crippen molar-refractivity contribution in [3.63, 3.8) is 0 Å². The van der Waals surface area contributed by atoms with E-state index in [1.807, 2.05) is 57.3 Å². The summed E-state index contributed by atoms with van der Waals surface area (Å²) in [5, 5.41) is 3.09. The Bertz CT molecular complexity index is 603. The molecule has 2 rings (SSSR count). The van der Waals surface area contributed by atoms with Gasteiger partial charge in [0.1, 0.15) is 0 Å². The molecular formula is C17H19NO2. The van der Waals surface area contributed by atoms with Gasteiger partial charge in [-0.3, -0.25) is 0 Å². The zero-order valence-electron chi connectivity index (χ0n) is 12.1. The molecule has 1 N–H and O–H groups in total. The Morgan fingerprint density at radius 3 is 2.45 bits per heavy atom. The van der Waals surface area contributed by atoms with Gasteiger partial charge in [-0.05, 0) is 43.2 Å². The summed E-state index contributed by atoms with van der Waals surface area (Å²) in [6, 6.07) is 13.8. The molecule has 0 amide bonds. The molecule has 104 valence electrons. The van der Waals surface area contributed by atoms with Gasteiger partial charge >= 0.3 is 5.97 Å². The highest BCUT2D eigenvalue weighted by molar-refractivity contribution is 5.98. The van der Waals surface area contributed by atoms with Gasteiger partial charge in [0.25, 0.3) is 0 Å². The number of carbonyl (C=O) groups is 1. The van der Waals surface area contributed by atoms with Gasteiger partial charge in [0.05, 0.1) is 12.2 Å². The van der Waals surface area contributed by atoms with Crippen LogP contribution in [0.5, 0.6) is 0 Å². The fourth-order valence-electron chi connectivity index (χ4n) is 2.06. The first-order valence-corrected chi connectivity index (χ1v) is 6.71. The summed E-state index contributed by atoms with van der Waals surface area (Å²) in [4.78, 5) is 12.1. The van der Waals surface area contributed by atoms with Crippen molar-refractivity contribution in [1.82, 2.24) is 0 Å². The molecule has 0 aliphatic carbocycles. The summed E-state index contributed by atoms with van der Waals surface area (Å²) in [7, 11) is 1.86. The average Bonchev–Trinajstić information content (AvgIpc) is 2.47. The average molecular weight is 269 g/mol. The summed E-state index contributed by atoms with van der Waals surface area (Å²) in [5.41, 5.74) is 4.64. The third kappa shape index (κ3) is 2.99. The van der Waals surface area contributed by atoms with E-state index in [2.05, 4.69) is 5.32 Å². The van der Waals surface area contributed by atoms with Gasteiger partial charge in [0.2, 0.25) is 0 Å². The highest BCUT2D eigenvalue weighted by Gasteiger charge is 2.14. The zero-order chi connectivity index (χ0) is 14.5. The van der Waals surface area contributed by atoms with Gasteiger partial charge in [-0.2, -0.15) is 0 Å². The van der Waals surface area contributed by atoms with Gasteiger partial charge < -0.3 is 10.1 Å². The molecule has 0 saturated carbocycles. The van der Waals surface area contributed by atoms with E-state index in [9.17, 15) is 4.79 Å². The highest BCUT2D eigenvalue weighted by Crippen LogP contribution is 2.28. The van der Waals surface area contributed by atoms with Crippen LogP contribution in [0.25, 0.3) is 11.1 Å². The van der Waals surface area contributed by atoms with Gasteiger partial charge in [-0.15, -0.1) is 0 Å². The van der Waals surface area contributed by atoms with Crippen molar-refractivity contribution in [2.75, 3.05) is 19.0 Å². The molecule has 20 heavy (non-hydrogen) atoms. The maximum Gasteiger partial charge on any atom is 0.338 e. The number of aryl methyl sites for hydroxylation is 1. The lowest BCUT2D eigenvalue weighted by molar-refractivity contribution is 0.0527. The molecule has 0 atom stereocenters. The summed E-state index contributed by atoms with van der Waals surface area (Å²) < 4.78 is 5.13. The third-order valence-electron chi connectivity index (χ3n) is 3.17. The lowest BCUT2D eigenvalue weighted by atomic mass is 9.98. The second-order valence-electron chi connectivity index (χ2n) is 4.60. The molecule has 0 aliphatic heterocycles. The molecule has 2 aromatic carbocycles. The minimum atomic E-state index is -0.286. The van der Waals surface area contributed by atoms with Crippen LogP contribution >= 0.6 is 0 Å². The standard InChI is InChI=1S/C17H19NO2/c1-4-20-17(19)15-10-9-14(18-3)11-16(15)13-7-5-12(2)6-8-13/h5-11,18H,4H2,1-3H3. The fraction of sp³-hybridized carbons (Fsp3) is 0.235. The summed E-state index contributed by atoms with van der Waals surface area (Å²) in [6.45, 7) is 4.23. The number of rotatable bonds is 4. The summed E-state index contributed by atoms with van der Waals surface area (Å²) in [5.74, 6) is -0.286. The molecular weight excluding hydrogens is 250 g/mol. The Labute approximate surface area is 119 Å². The minimum Gasteiger partial charge on any atom is -0.462 e. The zero-order valence-corrected chi connectivity index (χ0v) is 12.1. The first kappa shape index (κ1) is 14.1. The number of esters is 1. The molecule has 0 bridgehead atoms. The van der Waals surface area contributed by atoms with Crippen LogP contribution < -0.4 is 5.32 Å². The Morgan fingerprint density at radius 2 is 1.85 bits per heavy atom. The van der Waals surface area contributed by atoms with E-state index in [1.54, 1.807) is 6.07 Å². The maximum atomic E-state index is 12.1. The minimum absolute atomic E-state index is 0.286. The molecule has 3 nitrogen and oxygen atoms in total. The number of nitrogens with one attached hydrogen (secondary N) is 1. The van der Waals surface area contributed by atoms with E-state index < -0.39 is 0 Å². The van der Waals surface area contributed by atoms with Crippen LogP contribution in [-0.4, -0.2) is 19.6 Å². The first-order chi connectivity index (χ1) is 9.65. The smallest absolute Gasteiger partial charge is 0.338 e. The summed E-state index contributed by atoms with van der Waals surface area (Å²) >= 11 is 0. The van der Waals surface area contributed by atoms with Crippen LogP contribution in [0.2, 0.25) is 0 Å². The molecule has 0 heterocycles. The van der Waals surface area contributed by atoms with Crippen LogP contribution in [-0.2, 0) is 4.74 Å². The van der Waals surface area contributed by atoms with Crippen molar-refractivity contribution < 1.29 is 9.53 Å². The number of anilines is 1. The predicted molar refractivity (Wildman–Crippen MR) is 82.1 cm³/mol. The summed E-state index contributed by atoms with van der Waals surface area (Å²) in [6.07, 6.45) is 0. The van der Waals surface area contributed by atoms with Crippen molar-refractivity contribution in [2.24, 2.45) is 0 Å². The second kappa shape index (κ2) is 6.24. The van der Waals surface area contributed by atoms with Crippen LogP contribution in [0.15, 0.2) is 42.5 Å². The Hall–Kier alpha value is -2.29.